The Morgan fingerprint density at radius 3 is 3.00 bits per heavy atom. The lowest BCUT2D eigenvalue weighted by Crippen LogP contribution is -2.31. The fourth-order valence-electron chi connectivity index (χ4n) is 3.37. The van der Waals surface area contributed by atoms with E-state index in [0.29, 0.717) is 5.75 Å². The lowest BCUT2D eigenvalue weighted by atomic mass is 10.1. The summed E-state index contributed by atoms with van der Waals surface area (Å²) in [5.74, 6) is 0.583. The molecule has 5 nitrogen and oxygen atoms in total. The summed E-state index contributed by atoms with van der Waals surface area (Å²) in [5.41, 5.74) is 3.48. The van der Waals surface area contributed by atoms with Crippen LogP contribution in [0.15, 0.2) is 40.1 Å². The van der Waals surface area contributed by atoms with Gasteiger partial charge in [-0.05, 0) is 55.3 Å². The Labute approximate surface area is 177 Å². The molecule has 146 valence electrons. The van der Waals surface area contributed by atoms with Gasteiger partial charge in [0.1, 0.15) is 0 Å². The zero-order valence-electron chi connectivity index (χ0n) is 15.8. The molecule has 1 aliphatic heterocycles. The van der Waals surface area contributed by atoms with Gasteiger partial charge in [-0.25, -0.2) is 0 Å². The molecule has 2 aromatic heterocycles. The molecule has 28 heavy (non-hydrogen) atoms. The molecule has 0 spiro atoms. The standard InChI is InChI=1S/C20H22N4OS3/c1-13-6-3-7-15(14(13)2)21-19-22-23-20(28-19)27-12-18(25)24-10-4-8-16(24)17-9-5-11-26-17/h3,5-7,9,11,16H,4,8,10,12H2,1-2H3,(H,21,22). The van der Waals surface area contributed by atoms with Gasteiger partial charge in [-0.15, -0.1) is 21.5 Å². The van der Waals surface area contributed by atoms with Crippen molar-refractivity contribution in [1.29, 1.82) is 0 Å². The number of aromatic nitrogens is 2. The van der Waals surface area contributed by atoms with Crippen molar-refractivity contribution in [2.75, 3.05) is 17.6 Å². The number of thiophene rings is 1. The summed E-state index contributed by atoms with van der Waals surface area (Å²) in [6, 6.07) is 10.6. The summed E-state index contributed by atoms with van der Waals surface area (Å²) in [4.78, 5) is 16.1. The molecule has 0 radical (unpaired) electrons. The van der Waals surface area contributed by atoms with Crippen molar-refractivity contribution in [3.05, 3.63) is 51.7 Å². The van der Waals surface area contributed by atoms with Crippen LogP contribution in [0.25, 0.3) is 0 Å². The number of nitrogens with one attached hydrogen (secondary N) is 1. The average Bonchev–Trinajstić information content (AvgIpc) is 3.44. The Morgan fingerprint density at radius 2 is 2.18 bits per heavy atom. The van der Waals surface area contributed by atoms with Crippen molar-refractivity contribution >= 4 is 51.2 Å². The molecular weight excluding hydrogens is 408 g/mol. The third kappa shape index (κ3) is 4.24. The molecule has 1 amide bonds. The smallest absolute Gasteiger partial charge is 0.233 e. The van der Waals surface area contributed by atoms with E-state index in [1.54, 1.807) is 11.3 Å². The molecule has 4 rings (SSSR count). The predicted octanol–water partition coefficient (Wildman–Crippen LogP) is 5.42. The maximum atomic E-state index is 12.8. The Bertz CT molecular complexity index is 954. The molecule has 1 aliphatic rings. The molecule has 3 aromatic rings. The van der Waals surface area contributed by atoms with Gasteiger partial charge in [0.2, 0.25) is 11.0 Å². The molecule has 0 saturated carbocycles. The molecule has 3 heterocycles. The van der Waals surface area contributed by atoms with Crippen LogP contribution in [0, 0.1) is 13.8 Å². The van der Waals surface area contributed by atoms with Crippen LogP contribution in [0.5, 0.6) is 0 Å². The second-order valence-electron chi connectivity index (χ2n) is 6.79. The molecule has 0 aliphatic carbocycles. The summed E-state index contributed by atoms with van der Waals surface area (Å²) < 4.78 is 0.813. The van der Waals surface area contributed by atoms with E-state index in [-0.39, 0.29) is 11.9 Å². The maximum absolute atomic E-state index is 12.8. The van der Waals surface area contributed by atoms with Crippen molar-refractivity contribution < 1.29 is 4.79 Å². The van der Waals surface area contributed by atoms with Crippen LogP contribution in [0.1, 0.15) is 34.9 Å². The van der Waals surface area contributed by atoms with E-state index in [0.717, 1.165) is 34.5 Å². The number of aryl methyl sites for hydroxylation is 1. The number of thioether (sulfide) groups is 1. The van der Waals surface area contributed by atoms with Gasteiger partial charge in [-0.1, -0.05) is 41.3 Å². The minimum Gasteiger partial charge on any atom is -0.334 e. The number of hydrogen-bond donors (Lipinski definition) is 1. The second kappa shape index (κ2) is 8.63. The molecule has 0 bridgehead atoms. The normalized spacial score (nSPS) is 16.5. The number of anilines is 2. The summed E-state index contributed by atoms with van der Waals surface area (Å²) in [6.45, 7) is 5.03. The van der Waals surface area contributed by atoms with Crippen LogP contribution in [0.3, 0.4) is 0 Å². The Kier molecular flexibility index (Phi) is 5.99. The van der Waals surface area contributed by atoms with E-state index in [1.807, 2.05) is 17.0 Å². The lowest BCUT2D eigenvalue weighted by Gasteiger charge is -2.23. The van der Waals surface area contributed by atoms with E-state index in [9.17, 15) is 4.79 Å². The first-order chi connectivity index (χ1) is 13.6. The van der Waals surface area contributed by atoms with Gasteiger partial charge in [0, 0.05) is 17.1 Å². The molecule has 1 saturated heterocycles. The third-order valence-electron chi connectivity index (χ3n) is 5.02. The number of carbonyl (C=O) groups is 1. The zero-order chi connectivity index (χ0) is 19.5. The van der Waals surface area contributed by atoms with Crippen LogP contribution in [-0.2, 0) is 4.79 Å². The highest BCUT2D eigenvalue weighted by atomic mass is 32.2. The lowest BCUT2D eigenvalue weighted by molar-refractivity contribution is -0.129. The van der Waals surface area contributed by atoms with Gasteiger partial charge in [0.05, 0.1) is 11.8 Å². The number of benzene rings is 1. The van der Waals surface area contributed by atoms with Gasteiger partial charge >= 0.3 is 0 Å². The van der Waals surface area contributed by atoms with Crippen LogP contribution >= 0.6 is 34.4 Å². The molecule has 8 heteroatoms. The first-order valence-electron chi connectivity index (χ1n) is 9.24. The van der Waals surface area contributed by atoms with Gasteiger partial charge < -0.3 is 10.2 Å². The van der Waals surface area contributed by atoms with Crippen LogP contribution in [0.2, 0.25) is 0 Å². The van der Waals surface area contributed by atoms with Crippen molar-refractivity contribution in [2.24, 2.45) is 0 Å². The summed E-state index contributed by atoms with van der Waals surface area (Å²) in [6.07, 6.45) is 2.13. The topological polar surface area (TPSA) is 58.1 Å². The highest BCUT2D eigenvalue weighted by molar-refractivity contribution is 8.01. The summed E-state index contributed by atoms with van der Waals surface area (Å²) >= 11 is 4.69. The molecule has 1 atom stereocenters. The summed E-state index contributed by atoms with van der Waals surface area (Å²) in [7, 11) is 0. The maximum Gasteiger partial charge on any atom is 0.233 e. The number of likely N-dealkylation sites (tertiary alicyclic amines) is 1. The highest BCUT2D eigenvalue weighted by Crippen LogP contribution is 2.36. The van der Waals surface area contributed by atoms with Gasteiger partial charge in [-0.3, -0.25) is 4.79 Å². The first kappa shape index (κ1) is 19.4. The number of nitrogens with zero attached hydrogens (tertiary/aromatic N) is 3. The van der Waals surface area contributed by atoms with Crippen molar-refractivity contribution in [1.82, 2.24) is 15.1 Å². The van der Waals surface area contributed by atoms with Gasteiger partial charge in [-0.2, -0.15) is 0 Å². The number of hydrogen-bond acceptors (Lipinski definition) is 7. The predicted molar refractivity (Wildman–Crippen MR) is 118 cm³/mol. The van der Waals surface area contributed by atoms with E-state index in [1.165, 1.54) is 39.1 Å². The minimum atomic E-state index is 0.181. The van der Waals surface area contributed by atoms with E-state index < -0.39 is 0 Å². The van der Waals surface area contributed by atoms with Crippen molar-refractivity contribution in [3.63, 3.8) is 0 Å². The van der Waals surface area contributed by atoms with Gasteiger partial charge in [0.25, 0.3) is 0 Å². The van der Waals surface area contributed by atoms with Crippen LogP contribution < -0.4 is 5.32 Å². The fraction of sp³-hybridized carbons (Fsp3) is 0.350. The quantitative estimate of drug-likeness (QED) is 0.530. The Morgan fingerprint density at radius 1 is 1.29 bits per heavy atom. The average molecular weight is 431 g/mol. The molecule has 1 N–H and O–H groups in total. The Hall–Kier alpha value is -1.90. The van der Waals surface area contributed by atoms with E-state index in [2.05, 4.69) is 52.9 Å². The SMILES string of the molecule is Cc1cccc(Nc2nnc(SCC(=O)N3CCCC3c3cccs3)s2)c1C. The second-order valence-corrected chi connectivity index (χ2v) is 9.97. The number of rotatable bonds is 6. The van der Waals surface area contributed by atoms with Crippen molar-refractivity contribution in [3.8, 4) is 0 Å². The van der Waals surface area contributed by atoms with Gasteiger partial charge in [0.15, 0.2) is 4.34 Å². The molecule has 1 aromatic carbocycles. The highest BCUT2D eigenvalue weighted by Gasteiger charge is 2.30. The number of carbonyl (C=O) groups excluding carboxylic acids is 1. The Balaban J connectivity index is 1.35. The molecular formula is C20H22N4OS3. The monoisotopic (exact) mass is 430 g/mol. The largest absolute Gasteiger partial charge is 0.334 e. The fourth-order valence-corrected chi connectivity index (χ4v) is 5.89. The molecule has 1 fully saturated rings. The number of amides is 1. The van der Waals surface area contributed by atoms with E-state index >= 15 is 0 Å². The van der Waals surface area contributed by atoms with E-state index in [4.69, 9.17) is 0 Å². The first-order valence-corrected chi connectivity index (χ1v) is 11.9. The summed E-state index contributed by atoms with van der Waals surface area (Å²) in [5, 5.41) is 14.6. The van der Waals surface area contributed by atoms with Crippen LogP contribution in [-0.4, -0.2) is 33.3 Å². The van der Waals surface area contributed by atoms with Crippen molar-refractivity contribution in [2.45, 2.75) is 37.1 Å². The zero-order valence-corrected chi connectivity index (χ0v) is 18.3. The van der Waals surface area contributed by atoms with Crippen LogP contribution in [0.4, 0.5) is 10.8 Å². The third-order valence-corrected chi connectivity index (χ3v) is 7.95. The molecule has 1 unspecified atom stereocenters. The minimum absolute atomic E-state index is 0.181.